The molecule has 0 unspecified atom stereocenters. The van der Waals surface area contributed by atoms with E-state index in [0.717, 1.165) is 5.69 Å². The van der Waals surface area contributed by atoms with E-state index in [4.69, 9.17) is 0 Å². The molecule has 0 radical (unpaired) electrons. The summed E-state index contributed by atoms with van der Waals surface area (Å²) in [5.41, 5.74) is 2.47. The lowest BCUT2D eigenvalue weighted by Crippen LogP contribution is -2.49. The van der Waals surface area contributed by atoms with E-state index in [1.807, 2.05) is 0 Å². The molecular weight excluding hydrogens is 277 g/mol. The number of rotatable bonds is 2. The van der Waals surface area contributed by atoms with E-state index in [1.165, 1.54) is 10.5 Å². The number of piperazine rings is 1. The topological polar surface area (TPSA) is 6.48 Å². The molecule has 118 valence electrons. The zero-order valence-corrected chi connectivity index (χ0v) is 12.9. The van der Waals surface area contributed by atoms with Crippen LogP contribution in [0, 0.1) is 0 Å². The first-order valence-electron chi connectivity index (χ1n) is 7.30. The minimum absolute atomic E-state index is 0.115. The predicted octanol–water partition coefficient (Wildman–Crippen LogP) is 3.67. The average molecular weight is 300 g/mol. The molecule has 0 N–H and O–H groups in total. The summed E-state index contributed by atoms with van der Waals surface area (Å²) in [6.45, 7) is 7.90. The molecule has 5 heteroatoms. The maximum Gasteiger partial charge on any atom is 0.401 e. The van der Waals surface area contributed by atoms with Crippen molar-refractivity contribution in [1.29, 1.82) is 0 Å². The van der Waals surface area contributed by atoms with Crippen LogP contribution in [0.5, 0.6) is 0 Å². The minimum Gasteiger partial charge on any atom is -0.369 e. The molecule has 21 heavy (non-hydrogen) atoms. The number of alkyl halides is 3. The van der Waals surface area contributed by atoms with Crippen LogP contribution in [0.2, 0.25) is 0 Å². The molecule has 0 bridgehead atoms. The molecule has 1 aliphatic heterocycles. The van der Waals surface area contributed by atoms with E-state index in [2.05, 4.69) is 49.9 Å². The summed E-state index contributed by atoms with van der Waals surface area (Å²) >= 11 is 0. The standard InChI is InChI=1S/C16H23F3N2/c1-15(2,3)13-4-6-14(7-5-13)21-10-8-20(9-11-21)12-16(17,18)19/h4-7H,8-12H2,1-3H3. The molecule has 2 rings (SSSR count). The van der Waals surface area contributed by atoms with Gasteiger partial charge in [0, 0.05) is 31.9 Å². The third-order valence-electron chi connectivity index (χ3n) is 3.87. The lowest BCUT2D eigenvalue weighted by Gasteiger charge is -2.36. The Morgan fingerprint density at radius 3 is 1.86 bits per heavy atom. The van der Waals surface area contributed by atoms with Crippen molar-refractivity contribution < 1.29 is 13.2 Å². The average Bonchev–Trinajstić information content (AvgIpc) is 2.37. The first-order valence-corrected chi connectivity index (χ1v) is 7.30. The Hall–Kier alpha value is -1.23. The highest BCUT2D eigenvalue weighted by Gasteiger charge is 2.32. The van der Waals surface area contributed by atoms with Gasteiger partial charge in [-0.15, -0.1) is 0 Å². The van der Waals surface area contributed by atoms with Gasteiger partial charge in [-0.05, 0) is 23.1 Å². The predicted molar refractivity (Wildman–Crippen MR) is 79.9 cm³/mol. The number of benzene rings is 1. The summed E-state index contributed by atoms with van der Waals surface area (Å²) in [6.07, 6.45) is -4.10. The molecule has 2 nitrogen and oxygen atoms in total. The van der Waals surface area contributed by atoms with Crippen molar-refractivity contribution in [3.8, 4) is 0 Å². The fraction of sp³-hybridized carbons (Fsp3) is 0.625. The number of anilines is 1. The molecular formula is C16H23F3N2. The van der Waals surface area contributed by atoms with Crippen LogP contribution >= 0.6 is 0 Å². The van der Waals surface area contributed by atoms with Crippen molar-refractivity contribution in [1.82, 2.24) is 4.90 Å². The highest BCUT2D eigenvalue weighted by molar-refractivity contribution is 5.49. The Labute approximate surface area is 124 Å². The van der Waals surface area contributed by atoms with Gasteiger partial charge >= 0.3 is 6.18 Å². The van der Waals surface area contributed by atoms with Crippen LogP contribution in [0.3, 0.4) is 0 Å². The van der Waals surface area contributed by atoms with Gasteiger partial charge in [0.2, 0.25) is 0 Å². The highest BCUT2D eigenvalue weighted by Crippen LogP contribution is 2.26. The summed E-state index contributed by atoms with van der Waals surface area (Å²) < 4.78 is 37.1. The smallest absolute Gasteiger partial charge is 0.369 e. The van der Waals surface area contributed by atoms with Crippen LogP contribution in [-0.4, -0.2) is 43.8 Å². The molecule has 0 saturated carbocycles. The lowest BCUT2D eigenvalue weighted by atomic mass is 9.87. The molecule has 0 amide bonds. The SMILES string of the molecule is CC(C)(C)c1ccc(N2CCN(CC(F)(F)F)CC2)cc1. The van der Waals surface area contributed by atoms with Crippen LogP contribution in [0.4, 0.5) is 18.9 Å². The number of hydrogen-bond acceptors (Lipinski definition) is 2. The number of halogens is 3. The Bertz CT molecular complexity index is 452. The summed E-state index contributed by atoms with van der Waals surface area (Å²) in [6, 6.07) is 8.36. The van der Waals surface area contributed by atoms with Gasteiger partial charge in [-0.1, -0.05) is 32.9 Å². The van der Waals surface area contributed by atoms with Gasteiger partial charge < -0.3 is 4.90 Å². The van der Waals surface area contributed by atoms with Crippen LogP contribution in [0.1, 0.15) is 26.3 Å². The van der Waals surface area contributed by atoms with Crippen molar-refractivity contribution in [3.05, 3.63) is 29.8 Å². The van der Waals surface area contributed by atoms with Gasteiger partial charge in [-0.2, -0.15) is 13.2 Å². The van der Waals surface area contributed by atoms with Gasteiger partial charge in [0.05, 0.1) is 6.54 Å². The Morgan fingerprint density at radius 2 is 1.43 bits per heavy atom. The van der Waals surface area contributed by atoms with Crippen molar-refractivity contribution >= 4 is 5.69 Å². The first kappa shape index (κ1) is 16.1. The zero-order chi connectivity index (χ0) is 15.7. The van der Waals surface area contributed by atoms with E-state index >= 15 is 0 Å². The second kappa shape index (κ2) is 5.87. The van der Waals surface area contributed by atoms with Gasteiger partial charge in [0.1, 0.15) is 0 Å². The first-order chi connectivity index (χ1) is 9.65. The summed E-state index contributed by atoms with van der Waals surface area (Å²) in [5, 5.41) is 0. The maximum absolute atomic E-state index is 12.4. The molecule has 1 aromatic carbocycles. The van der Waals surface area contributed by atoms with Crippen LogP contribution in [0.25, 0.3) is 0 Å². The van der Waals surface area contributed by atoms with Crippen LogP contribution < -0.4 is 4.90 Å². The number of hydrogen-bond donors (Lipinski definition) is 0. The van der Waals surface area contributed by atoms with E-state index in [1.54, 1.807) is 0 Å². The third-order valence-corrected chi connectivity index (χ3v) is 3.87. The Kier molecular flexibility index (Phi) is 4.51. The lowest BCUT2D eigenvalue weighted by molar-refractivity contribution is -0.146. The fourth-order valence-electron chi connectivity index (χ4n) is 2.59. The number of nitrogens with zero attached hydrogens (tertiary/aromatic N) is 2. The monoisotopic (exact) mass is 300 g/mol. The molecule has 0 aromatic heterocycles. The molecule has 0 aliphatic carbocycles. The molecule has 0 atom stereocenters. The van der Waals surface area contributed by atoms with Gasteiger partial charge in [-0.25, -0.2) is 0 Å². The van der Waals surface area contributed by atoms with E-state index in [0.29, 0.717) is 26.2 Å². The molecule has 1 aliphatic rings. The molecule has 1 fully saturated rings. The largest absolute Gasteiger partial charge is 0.401 e. The third kappa shape index (κ3) is 4.63. The molecule has 1 heterocycles. The highest BCUT2D eigenvalue weighted by atomic mass is 19.4. The van der Waals surface area contributed by atoms with Crippen molar-refractivity contribution in [2.24, 2.45) is 0 Å². The molecule has 0 spiro atoms. The Balaban J connectivity index is 1.93. The van der Waals surface area contributed by atoms with E-state index < -0.39 is 12.7 Å². The van der Waals surface area contributed by atoms with Crippen molar-refractivity contribution in [2.45, 2.75) is 32.4 Å². The van der Waals surface area contributed by atoms with Gasteiger partial charge in [0.25, 0.3) is 0 Å². The molecule has 1 aromatic rings. The summed E-state index contributed by atoms with van der Waals surface area (Å²) in [7, 11) is 0. The fourth-order valence-corrected chi connectivity index (χ4v) is 2.59. The van der Waals surface area contributed by atoms with E-state index in [-0.39, 0.29) is 5.41 Å². The zero-order valence-electron chi connectivity index (χ0n) is 12.9. The van der Waals surface area contributed by atoms with Gasteiger partial charge in [-0.3, -0.25) is 4.90 Å². The maximum atomic E-state index is 12.4. The van der Waals surface area contributed by atoms with Crippen LogP contribution in [0.15, 0.2) is 24.3 Å². The summed E-state index contributed by atoms with van der Waals surface area (Å²) in [5.74, 6) is 0. The second-order valence-electron chi connectivity index (χ2n) is 6.68. The van der Waals surface area contributed by atoms with E-state index in [9.17, 15) is 13.2 Å². The van der Waals surface area contributed by atoms with Crippen molar-refractivity contribution in [2.75, 3.05) is 37.6 Å². The normalized spacial score (nSPS) is 18.1. The van der Waals surface area contributed by atoms with Crippen molar-refractivity contribution in [3.63, 3.8) is 0 Å². The minimum atomic E-state index is -4.10. The Morgan fingerprint density at radius 1 is 0.905 bits per heavy atom. The quantitative estimate of drug-likeness (QED) is 0.822. The van der Waals surface area contributed by atoms with Gasteiger partial charge in [0.15, 0.2) is 0 Å². The second-order valence-corrected chi connectivity index (χ2v) is 6.68. The van der Waals surface area contributed by atoms with Crippen LogP contribution in [-0.2, 0) is 5.41 Å². The summed E-state index contributed by atoms with van der Waals surface area (Å²) in [4.78, 5) is 3.62. The molecule has 1 saturated heterocycles.